The van der Waals surface area contributed by atoms with E-state index in [9.17, 15) is 4.79 Å². The van der Waals surface area contributed by atoms with Crippen molar-refractivity contribution in [3.8, 4) is 11.5 Å². The lowest BCUT2D eigenvalue weighted by Gasteiger charge is -2.13. The van der Waals surface area contributed by atoms with E-state index in [1.807, 2.05) is 31.2 Å². The predicted octanol–water partition coefficient (Wildman–Crippen LogP) is 2.31. The molecule has 5 nitrogen and oxygen atoms in total. The number of benzene rings is 1. The second kappa shape index (κ2) is 9.20. The number of nitrogens with one attached hydrogen (secondary N) is 1. The van der Waals surface area contributed by atoms with E-state index in [4.69, 9.17) is 14.6 Å². The van der Waals surface area contributed by atoms with E-state index in [-0.39, 0.29) is 0 Å². The smallest absolute Gasteiger partial charge is 0.320 e. The van der Waals surface area contributed by atoms with E-state index in [1.165, 1.54) is 0 Å². The minimum absolute atomic E-state index is 0.360. The van der Waals surface area contributed by atoms with Crippen LogP contribution in [0.5, 0.6) is 11.5 Å². The molecule has 0 heterocycles. The van der Waals surface area contributed by atoms with Crippen LogP contribution in [0.2, 0.25) is 0 Å². The first kappa shape index (κ1) is 16.3. The summed E-state index contributed by atoms with van der Waals surface area (Å²) >= 11 is 0. The molecule has 5 heteroatoms. The van der Waals surface area contributed by atoms with E-state index >= 15 is 0 Å². The summed E-state index contributed by atoms with van der Waals surface area (Å²) < 4.78 is 11.0. The number of aliphatic carboxylic acids is 1. The Bertz CT molecular complexity index is 391. The van der Waals surface area contributed by atoms with Crippen LogP contribution in [0.25, 0.3) is 0 Å². The van der Waals surface area contributed by atoms with Crippen LogP contribution in [0.15, 0.2) is 24.3 Å². The highest BCUT2D eigenvalue weighted by atomic mass is 16.5. The molecule has 20 heavy (non-hydrogen) atoms. The number of hydrogen-bond donors (Lipinski definition) is 2. The summed E-state index contributed by atoms with van der Waals surface area (Å²) in [6.07, 6.45) is 1.40. The van der Waals surface area contributed by atoms with Crippen molar-refractivity contribution in [2.24, 2.45) is 0 Å². The van der Waals surface area contributed by atoms with Gasteiger partial charge in [-0.05, 0) is 37.2 Å². The molecule has 0 spiro atoms. The van der Waals surface area contributed by atoms with Gasteiger partial charge in [0.2, 0.25) is 0 Å². The van der Waals surface area contributed by atoms with E-state index in [1.54, 1.807) is 0 Å². The lowest BCUT2D eigenvalue weighted by molar-refractivity contribution is -0.139. The molecular formula is C15H23NO4. The summed E-state index contributed by atoms with van der Waals surface area (Å²) in [5, 5.41) is 11.9. The third-order valence-electron chi connectivity index (χ3n) is 2.72. The molecule has 1 aromatic carbocycles. The Morgan fingerprint density at radius 2 is 1.70 bits per heavy atom. The average Bonchev–Trinajstić information content (AvgIpc) is 2.45. The van der Waals surface area contributed by atoms with Crippen LogP contribution < -0.4 is 14.8 Å². The first-order valence-electron chi connectivity index (χ1n) is 6.99. The summed E-state index contributed by atoms with van der Waals surface area (Å²) in [7, 11) is 0. The maximum atomic E-state index is 10.9. The molecule has 0 radical (unpaired) electrons. The van der Waals surface area contributed by atoms with Crippen LogP contribution >= 0.6 is 0 Å². The molecule has 0 aliphatic carbocycles. The van der Waals surface area contributed by atoms with Gasteiger partial charge in [0.25, 0.3) is 0 Å². The number of carbonyl (C=O) groups is 1. The second-order valence-corrected chi connectivity index (χ2v) is 4.41. The van der Waals surface area contributed by atoms with Gasteiger partial charge in [0.15, 0.2) is 0 Å². The maximum Gasteiger partial charge on any atom is 0.320 e. The van der Waals surface area contributed by atoms with Gasteiger partial charge in [0.1, 0.15) is 17.5 Å². The van der Waals surface area contributed by atoms with E-state index < -0.39 is 12.0 Å². The van der Waals surface area contributed by atoms with Crippen molar-refractivity contribution in [2.75, 3.05) is 19.8 Å². The van der Waals surface area contributed by atoms with E-state index in [0.29, 0.717) is 26.2 Å². The molecule has 0 fully saturated rings. The highest BCUT2D eigenvalue weighted by molar-refractivity contribution is 5.73. The monoisotopic (exact) mass is 281 g/mol. The predicted molar refractivity (Wildman–Crippen MR) is 77.4 cm³/mol. The number of ether oxygens (including phenoxy) is 2. The molecular weight excluding hydrogens is 258 g/mol. The quantitative estimate of drug-likeness (QED) is 0.689. The molecule has 0 aliphatic heterocycles. The third-order valence-corrected chi connectivity index (χ3v) is 2.72. The van der Waals surface area contributed by atoms with Gasteiger partial charge in [-0.15, -0.1) is 0 Å². The topological polar surface area (TPSA) is 67.8 Å². The summed E-state index contributed by atoms with van der Waals surface area (Å²) in [6.45, 7) is 5.62. The summed E-state index contributed by atoms with van der Waals surface area (Å²) in [5.74, 6) is 0.684. The molecule has 0 aliphatic rings. The standard InChI is InChI=1S/C15H23NO4/c1-3-10-19-12-5-7-13(8-6-12)20-11-9-14(15(17)18)16-4-2/h5-8,14,16H,3-4,9-11H2,1-2H3,(H,17,18). The van der Waals surface area contributed by atoms with Crippen LogP contribution in [0, 0.1) is 0 Å². The fourth-order valence-corrected chi connectivity index (χ4v) is 1.71. The van der Waals surface area contributed by atoms with Gasteiger partial charge >= 0.3 is 5.97 Å². The fraction of sp³-hybridized carbons (Fsp3) is 0.533. The molecule has 0 saturated heterocycles. The molecule has 2 N–H and O–H groups in total. The van der Waals surface area contributed by atoms with Crippen LogP contribution in [-0.4, -0.2) is 36.9 Å². The summed E-state index contributed by atoms with van der Waals surface area (Å²) in [5.41, 5.74) is 0. The van der Waals surface area contributed by atoms with Crippen LogP contribution in [-0.2, 0) is 4.79 Å². The zero-order valence-electron chi connectivity index (χ0n) is 12.1. The largest absolute Gasteiger partial charge is 0.494 e. The molecule has 1 unspecified atom stereocenters. The Kier molecular flexibility index (Phi) is 7.50. The van der Waals surface area contributed by atoms with Gasteiger partial charge in [-0.2, -0.15) is 0 Å². The molecule has 0 bridgehead atoms. The Hall–Kier alpha value is -1.75. The number of hydrogen-bond acceptors (Lipinski definition) is 4. The molecule has 1 atom stereocenters. The zero-order valence-corrected chi connectivity index (χ0v) is 12.1. The Morgan fingerprint density at radius 3 is 2.15 bits per heavy atom. The Morgan fingerprint density at radius 1 is 1.15 bits per heavy atom. The lowest BCUT2D eigenvalue weighted by atomic mass is 10.2. The number of carboxylic acids is 1. The van der Waals surface area contributed by atoms with Crippen molar-refractivity contribution in [3.05, 3.63) is 24.3 Å². The number of rotatable bonds is 10. The van der Waals surface area contributed by atoms with Gasteiger partial charge in [-0.25, -0.2) is 0 Å². The Balaban J connectivity index is 2.35. The average molecular weight is 281 g/mol. The third kappa shape index (κ3) is 5.93. The first-order valence-corrected chi connectivity index (χ1v) is 6.99. The molecule has 1 rings (SSSR count). The molecule has 0 aromatic heterocycles. The minimum atomic E-state index is -0.848. The van der Waals surface area contributed by atoms with Gasteiger partial charge in [0, 0.05) is 6.42 Å². The number of carboxylic acid groups (broad SMARTS) is 1. The molecule has 112 valence electrons. The van der Waals surface area contributed by atoms with E-state index in [2.05, 4.69) is 12.2 Å². The fourth-order valence-electron chi connectivity index (χ4n) is 1.71. The van der Waals surface area contributed by atoms with Gasteiger partial charge in [-0.3, -0.25) is 4.79 Å². The van der Waals surface area contributed by atoms with Crippen LogP contribution in [0.1, 0.15) is 26.7 Å². The van der Waals surface area contributed by atoms with Crippen molar-refractivity contribution in [2.45, 2.75) is 32.7 Å². The van der Waals surface area contributed by atoms with Crippen molar-refractivity contribution < 1.29 is 19.4 Å². The zero-order chi connectivity index (χ0) is 14.8. The van der Waals surface area contributed by atoms with Crippen molar-refractivity contribution >= 4 is 5.97 Å². The normalized spacial score (nSPS) is 11.9. The van der Waals surface area contributed by atoms with Crippen molar-refractivity contribution in [1.82, 2.24) is 5.32 Å². The summed E-state index contributed by atoms with van der Waals surface area (Å²) in [4.78, 5) is 10.9. The van der Waals surface area contributed by atoms with Crippen LogP contribution in [0.4, 0.5) is 0 Å². The molecule has 0 amide bonds. The SMILES string of the molecule is CCCOc1ccc(OCCC(NCC)C(=O)O)cc1. The van der Waals surface area contributed by atoms with Crippen molar-refractivity contribution in [3.63, 3.8) is 0 Å². The van der Waals surface area contributed by atoms with E-state index in [0.717, 1.165) is 17.9 Å². The minimum Gasteiger partial charge on any atom is -0.494 e. The maximum absolute atomic E-state index is 10.9. The highest BCUT2D eigenvalue weighted by Crippen LogP contribution is 2.18. The van der Waals surface area contributed by atoms with Gasteiger partial charge in [-0.1, -0.05) is 13.8 Å². The Labute approximate surface area is 119 Å². The molecule has 1 aromatic rings. The van der Waals surface area contributed by atoms with Crippen molar-refractivity contribution in [1.29, 1.82) is 0 Å². The number of likely N-dealkylation sites (N-methyl/N-ethyl adjacent to an activating group) is 1. The first-order chi connectivity index (χ1) is 9.67. The highest BCUT2D eigenvalue weighted by Gasteiger charge is 2.15. The molecule has 0 saturated carbocycles. The van der Waals surface area contributed by atoms with Gasteiger partial charge < -0.3 is 19.9 Å². The summed E-state index contributed by atoms with van der Waals surface area (Å²) in [6, 6.07) is 6.79. The van der Waals surface area contributed by atoms with Gasteiger partial charge in [0.05, 0.1) is 13.2 Å². The second-order valence-electron chi connectivity index (χ2n) is 4.41. The lowest BCUT2D eigenvalue weighted by Crippen LogP contribution is -2.37. The van der Waals surface area contributed by atoms with Crippen LogP contribution in [0.3, 0.4) is 0 Å².